The van der Waals surface area contributed by atoms with Gasteiger partial charge in [0.15, 0.2) is 5.69 Å². The fourth-order valence-corrected chi connectivity index (χ4v) is 1.30. The van der Waals surface area contributed by atoms with Crippen molar-refractivity contribution in [1.29, 1.82) is 5.26 Å². The number of nitrogens with one attached hydrogen (secondary N) is 2. The van der Waals surface area contributed by atoms with Gasteiger partial charge >= 0.3 is 0 Å². The van der Waals surface area contributed by atoms with Crippen LogP contribution in [0.4, 0.5) is 11.6 Å². The number of aromatic nitrogens is 4. The summed E-state index contributed by atoms with van der Waals surface area (Å²) in [6, 6.07) is 1.77. The maximum absolute atomic E-state index is 11.6. The fourth-order valence-electron chi connectivity index (χ4n) is 1.30. The molecule has 90 valence electrons. The normalized spacial score (nSPS) is 10.7. The molecule has 0 aromatic carbocycles. The van der Waals surface area contributed by atoms with E-state index in [-0.39, 0.29) is 22.8 Å². The molecule has 2 heterocycles. The highest BCUT2D eigenvalue weighted by molar-refractivity contribution is 5.55. The lowest BCUT2D eigenvalue weighted by atomic mass is 10.1. The summed E-state index contributed by atoms with van der Waals surface area (Å²) in [6.07, 6.45) is 1.24. The minimum Gasteiger partial charge on any atom is -0.494 e. The highest BCUT2D eigenvalue weighted by Gasteiger charge is 2.13. The smallest absolute Gasteiger partial charge is 0.278 e. The average molecular weight is 245 g/mol. The molecule has 3 N–H and O–H groups in total. The quantitative estimate of drug-likeness (QED) is 0.670. The van der Waals surface area contributed by atoms with E-state index >= 15 is 0 Å². The summed E-state index contributed by atoms with van der Waals surface area (Å²) >= 11 is 0. The predicted octanol–water partition coefficient (Wildman–Crippen LogP) is 0.794. The van der Waals surface area contributed by atoms with E-state index in [4.69, 9.17) is 5.26 Å². The Morgan fingerprint density at radius 3 is 2.89 bits per heavy atom. The van der Waals surface area contributed by atoms with Gasteiger partial charge in [0, 0.05) is 5.56 Å². The summed E-state index contributed by atoms with van der Waals surface area (Å²) in [4.78, 5) is 17.4. The second-order valence-corrected chi connectivity index (χ2v) is 3.27. The van der Waals surface area contributed by atoms with E-state index in [9.17, 15) is 9.90 Å². The molecular formula is C9H7N7O2. The fraction of sp³-hybridized carbons (Fsp3) is 0.111. The van der Waals surface area contributed by atoms with E-state index in [0.717, 1.165) is 0 Å². The van der Waals surface area contributed by atoms with Crippen LogP contribution in [0.25, 0.3) is 0 Å². The molecule has 0 unspecified atom stereocenters. The van der Waals surface area contributed by atoms with Gasteiger partial charge in [-0.1, -0.05) is 0 Å². The number of aromatic amines is 2. The van der Waals surface area contributed by atoms with Crippen molar-refractivity contribution in [3.8, 4) is 11.9 Å². The van der Waals surface area contributed by atoms with E-state index < -0.39 is 11.4 Å². The molecule has 0 saturated carbocycles. The molecular weight excluding hydrogens is 238 g/mol. The largest absolute Gasteiger partial charge is 0.494 e. The van der Waals surface area contributed by atoms with Crippen molar-refractivity contribution < 1.29 is 5.11 Å². The van der Waals surface area contributed by atoms with Crippen molar-refractivity contribution in [3.63, 3.8) is 0 Å². The van der Waals surface area contributed by atoms with Gasteiger partial charge in [-0.05, 0) is 6.92 Å². The van der Waals surface area contributed by atoms with Gasteiger partial charge in [-0.15, -0.1) is 10.2 Å². The zero-order valence-corrected chi connectivity index (χ0v) is 9.17. The second kappa shape index (κ2) is 4.46. The van der Waals surface area contributed by atoms with Crippen LogP contribution in [0.1, 0.15) is 11.1 Å². The summed E-state index contributed by atoms with van der Waals surface area (Å²) in [5.74, 6) is -0.362. The number of hydrogen-bond acceptors (Lipinski definition) is 7. The Labute approximate surface area is 99.9 Å². The number of azo groups is 1. The topological polar surface area (TPSA) is 143 Å². The molecule has 0 aliphatic heterocycles. The molecule has 9 nitrogen and oxygen atoms in total. The number of nitrogens with zero attached hydrogens (tertiary/aromatic N) is 5. The van der Waals surface area contributed by atoms with E-state index in [1.54, 1.807) is 6.07 Å². The standard InChI is InChI=1S/C9H7N7O2/c1-4-5(2-10)7(17)13-8(18)6(4)14-16-9-11-3-12-15-9/h3H,1H3,(H,11,12,15)(H2,13,17,18). The van der Waals surface area contributed by atoms with Crippen molar-refractivity contribution in [2.75, 3.05) is 0 Å². The lowest BCUT2D eigenvalue weighted by molar-refractivity contribution is 0.449. The molecule has 0 atom stereocenters. The van der Waals surface area contributed by atoms with Crippen LogP contribution in [0.5, 0.6) is 5.88 Å². The van der Waals surface area contributed by atoms with Gasteiger partial charge in [0.1, 0.15) is 18.0 Å². The Bertz CT molecular complexity index is 693. The number of nitriles is 1. The minimum atomic E-state index is -0.646. The molecule has 0 radical (unpaired) electrons. The number of hydrogen-bond donors (Lipinski definition) is 3. The Kier molecular flexibility index (Phi) is 2.84. The summed E-state index contributed by atoms with van der Waals surface area (Å²) < 4.78 is 0. The summed E-state index contributed by atoms with van der Waals surface area (Å²) in [5, 5.41) is 31.5. The molecule has 0 saturated heterocycles. The van der Waals surface area contributed by atoms with Crippen molar-refractivity contribution in [2.24, 2.45) is 10.2 Å². The lowest BCUT2D eigenvalue weighted by Gasteiger charge is -2.02. The molecule has 9 heteroatoms. The van der Waals surface area contributed by atoms with E-state index in [0.29, 0.717) is 0 Å². The van der Waals surface area contributed by atoms with Gasteiger partial charge in [-0.2, -0.15) is 15.3 Å². The third-order valence-electron chi connectivity index (χ3n) is 2.17. The minimum absolute atomic E-state index is 0.0545. The Hall–Kier alpha value is -3.02. The van der Waals surface area contributed by atoms with Crippen LogP contribution in [0.15, 0.2) is 21.4 Å². The van der Waals surface area contributed by atoms with Crippen LogP contribution >= 0.6 is 0 Å². The second-order valence-electron chi connectivity index (χ2n) is 3.27. The molecule has 0 bridgehead atoms. The molecule has 2 rings (SSSR count). The Morgan fingerprint density at radius 2 is 2.28 bits per heavy atom. The molecule has 0 fully saturated rings. The molecule has 0 aliphatic carbocycles. The van der Waals surface area contributed by atoms with Gasteiger partial charge in [0.05, 0.1) is 0 Å². The van der Waals surface area contributed by atoms with Gasteiger partial charge in [-0.25, -0.2) is 5.10 Å². The van der Waals surface area contributed by atoms with E-state index in [1.165, 1.54) is 13.3 Å². The third kappa shape index (κ3) is 1.94. The molecule has 0 aliphatic rings. The Morgan fingerprint density at radius 1 is 1.50 bits per heavy atom. The maximum Gasteiger partial charge on any atom is 0.278 e. The highest BCUT2D eigenvalue weighted by Crippen LogP contribution is 2.23. The van der Waals surface area contributed by atoms with Crippen LogP contribution in [-0.2, 0) is 0 Å². The van der Waals surface area contributed by atoms with Crippen LogP contribution in [0.2, 0.25) is 0 Å². The molecule has 2 aromatic heterocycles. The van der Waals surface area contributed by atoms with Gasteiger partial charge in [-0.3, -0.25) is 9.78 Å². The van der Waals surface area contributed by atoms with Crippen molar-refractivity contribution in [2.45, 2.75) is 6.92 Å². The first-order valence-corrected chi connectivity index (χ1v) is 4.76. The number of pyridine rings is 1. The van der Waals surface area contributed by atoms with Gasteiger partial charge < -0.3 is 5.11 Å². The summed E-state index contributed by atoms with van der Waals surface area (Å²) in [7, 11) is 0. The van der Waals surface area contributed by atoms with Gasteiger partial charge in [0.25, 0.3) is 11.5 Å². The molecule has 2 aromatic rings. The number of H-pyrrole nitrogens is 2. The maximum atomic E-state index is 11.6. The van der Waals surface area contributed by atoms with Crippen LogP contribution in [0, 0.1) is 18.3 Å². The van der Waals surface area contributed by atoms with E-state index in [1.807, 2.05) is 0 Å². The van der Waals surface area contributed by atoms with Crippen LogP contribution < -0.4 is 5.56 Å². The molecule has 18 heavy (non-hydrogen) atoms. The first-order chi connectivity index (χ1) is 8.63. The van der Waals surface area contributed by atoms with Gasteiger partial charge in [0.2, 0.25) is 5.88 Å². The van der Waals surface area contributed by atoms with Crippen molar-refractivity contribution in [1.82, 2.24) is 20.2 Å². The average Bonchev–Trinajstić information content (AvgIpc) is 2.81. The summed E-state index contributed by atoms with van der Waals surface area (Å²) in [5.41, 5.74) is -0.531. The van der Waals surface area contributed by atoms with Crippen LogP contribution in [0.3, 0.4) is 0 Å². The van der Waals surface area contributed by atoms with Crippen molar-refractivity contribution >= 4 is 11.6 Å². The highest BCUT2D eigenvalue weighted by atomic mass is 16.3. The zero-order valence-electron chi connectivity index (χ0n) is 9.17. The van der Waals surface area contributed by atoms with Crippen LogP contribution in [-0.4, -0.2) is 25.3 Å². The Balaban J connectivity index is 2.52. The third-order valence-corrected chi connectivity index (χ3v) is 2.17. The summed E-state index contributed by atoms with van der Waals surface area (Å²) in [6.45, 7) is 1.49. The van der Waals surface area contributed by atoms with Crippen molar-refractivity contribution in [3.05, 3.63) is 27.8 Å². The molecule has 0 spiro atoms. The monoisotopic (exact) mass is 245 g/mol. The lowest BCUT2D eigenvalue weighted by Crippen LogP contribution is -2.08. The number of rotatable bonds is 2. The van der Waals surface area contributed by atoms with E-state index in [2.05, 4.69) is 30.4 Å². The predicted molar refractivity (Wildman–Crippen MR) is 58.7 cm³/mol. The molecule has 0 amide bonds. The SMILES string of the molecule is Cc1c(C#N)c(O)[nH]c(=O)c1N=Nc1ncn[nH]1. The first kappa shape index (κ1) is 11.5. The zero-order chi connectivity index (χ0) is 13.1. The number of aromatic hydroxyl groups is 1. The first-order valence-electron chi connectivity index (χ1n) is 4.76.